The summed E-state index contributed by atoms with van der Waals surface area (Å²) in [7, 11) is 0. The Balaban J connectivity index is 1.51. The van der Waals surface area contributed by atoms with Crippen LogP contribution >= 0.6 is 0 Å². The van der Waals surface area contributed by atoms with Crippen LogP contribution in [0, 0.1) is 0 Å². The third kappa shape index (κ3) is 3.48. The van der Waals surface area contributed by atoms with E-state index in [0.29, 0.717) is 5.56 Å². The highest BCUT2D eigenvalue weighted by Crippen LogP contribution is 2.38. The van der Waals surface area contributed by atoms with Gasteiger partial charge in [-0.2, -0.15) is 5.10 Å². The van der Waals surface area contributed by atoms with Gasteiger partial charge in [-0.15, -0.1) is 0 Å². The Morgan fingerprint density at radius 3 is 2.30 bits per heavy atom. The molecule has 0 aliphatic heterocycles. The number of allylic oxidation sites excluding steroid dienone is 1. The van der Waals surface area contributed by atoms with Gasteiger partial charge in [-0.1, -0.05) is 78.9 Å². The second kappa shape index (κ2) is 8.03. The number of carbonyl (C=O) groups is 1. The van der Waals surface area contributed by atoms with Crippen molar-refractivity contribution in [2.45, 2.75) is 12.8 Å². The van der Waals surface area contributed by atoms with Gasteiger partial charge in [0.1, 0.15) is 5.69 Å². The molecule has 1 heterocycles. The Labute approximate surface area is 192 Å². The number of para-hydroxylation sites is 1. The van der Waals surface area contributed by atoms with E-state index in [1.54, 1.807) is 6.08 Å². The third-order valence-electron chi connectivity index (χ3n) is 6.37. The molecule has 0 amide bonds. The van der Waals surface area contributed by atoms with E-state index in [4.69, 9.17) is 5.10 Å². The number of benzene rings is 4. The zero-order valence-corrected chi connectivity index (χ0v) is 18.1. The van der Waals surface area contributed by atoms with Gasteiger partial charge in [0.15, 0.2) is 5.78 Å². The van der Waals surface area contributed by atoms with Crippen LogP contribution in [0.25, 0.3) is 33.8 Å². The lowest BCUT2D eigenvalue weighted by atomic mass is 9.96. The van der Waals surface area contributed by atoms with Crippen LogP contribution in [-0.2, 0) is 12.8 Å². The summed E-state index contributed by atoms with van der Waals surface area (Å²) in [6, 6.07) is 30.4. The normalized spacial score (nSPS) is 12.6. The third-order valence-corrected chi connectivity index (χ3v) is 6.37. The van der Waals surface area contributed by atoms with Gasteiger partial charge in [0, 0.05) is 22.9 Å². The number of ketones is 1. The summed E-state index contributed by atoms with van der Waals surface area (Å²) < 4.78 is 1.89. The smallest absolute Gasteiger partial charge is 0.185 e. The minimum absolute atomic E-state index is 0.0191. The number of aromatic nitrogens is 2. The van der Waals surface area contributed by atoms with E-state index in [1.165, 1.54) is 21.9 Å². The monoisotopic (exact) mass is 426 g/mol. The SMILES string of the molecule is O=C(C=Cc1cn(-c2ccccc2)nc1-c1ccc2c3c(cccc13)CC2)c1ccccc1. The second-order valence-corrected chi connectivity index (χ2v) is 8.39. The molecular formula is C30H22N2O. The van der Waals surface area contributed by atoms with Gasteiger partial charge in [0.25, 0.3) is 0 Å². The van der Waals surface area contributed by atoms with Gasteiger partial charge < -0.3 is 0 Å². The van der Waals surface area contributed by atoms with Gasteiger partial charge in [0.2, 0.25) is 0 Å². The molecule has 0 fully saturated rings. The first kappa shape index (κ1) is 19.4. The molecule has 4 aromatic carbocycles. The average molecular weight is 427 g/mol. The Kier molecular flexibility index (Phi) is 4.73. The molecule has 33 heavy (non-hydrogen) atoms. The molecule has 0 radical (unpaired) electrons. The van der Waals surface area contributed by atoms with Crippen LogP contribution in [0.5, 0.6) is 0 Å². The summed E-state index contributed by atoms with van der Waals surface area (Å²) in [6.45, 7) is 0. The largest absolute Gasteiger partial charge is 0.289 e. The van der Waals surface area contributed by atoms with Crippen molar-refractivity contribution in [1.29, 1.82) is 0 Å². The number of nitrogens with zero attached hydrogens (tertiary/aromatic N) is 2. The van der Waals surface area contributed by atoms with Gasteiger partial charge in [-0.25, -0.2) is 4.68 Å². The maximum Gasteiger partial charge on any atom is 0.185 e. The van der Waals surface area contributed by atoms with Crippen LogP contribution in [0.4, 0.5) is 0 Å². The van der Waals surface area contributed by atoms with Crippen molar-refractivity contribution in [1.82, 2.24) is 9.78 Å². The van der Waals surface area contributed by atoms with Crippen LogP contribution < -0.4 is 0 Å². The van der Waals surface area contributed by atoms with E-state index < -0.39 is 0 Å². The van der Waals surface area contributed by atoms with Crippen molar-refractivity contribution >= 4 is 22.6 Å². The predicted octanol–water partition coefficient (Wildman–Crippen LogP) is 6.69. The molecule has 0 saturated carbocycles. The van der Waals surface area contributed by atoms with Crippen LogP contribution in [0.15, 0.2) is 103 Å². The minimum Gasteiger partial charge on any atom is -0.289 e. The predicted molar refractivity (Wildman–Crippen MR) is 134 cm³/mol. The first-order valence-electron chi connectivity index (χ1n) is 11.2. The van der Waals surface area contributed by atoms with Crippen LogP contribution in [0.2, 0.25) is 0 Å². The topological polar surface area (TPSA) is 34.9 Å². The van der Waals surface area contributed by atoms with Gasteiger partial charge in [-0.3, -0.25) is 4.79 Å². The van der Waals surface area contributed by atoms with Crippen LogP contribution in [0.3, 0.4) is 0 Å². The van der Waals surface area contributed by atoms with E-state index in [9.17, 15) is 4.79 Å². The summed E-state index contributed by atoms with van der Waals surface area (Å²) in [4.78, 5) is 12.7. The maximum absolute atomic E-state index is 12.7. The lowest BCUT2D eigenvalue weighted by molar-refractivity contribution is 0.104. The average Bonchev–Trinajstić information content (AvgIpc) is 3.50. The van der Waals surface area contributed by atoms with Gasteiger partial charge >= 0.3 is 0 Å². The fourth-order valence-corrected chi connectivity index (χ4v) is 4.75. The summed E-state index contributed by atoms with van der Waals surface area (Å²) >= 11 is 0. The fourth-order valence-electron chi connectivity index (χ4n) is 4.75. The molecule has 0 unspecified atom stereocenters. The van der Waals surface area contributed by atoms with E-state index in [0.717, 1.165) is 35.3 Å². The summed E-state index contributed by atoms with van der Waals surface area (Å²) in [5.41, 5.74) is 7.37. The highest BCUT2D eigenvalue weighted by Gasteiger charge is 2.19. The number of hydrogen-bond acceptors (Lipinski definition) is 2. The summed E-state index contributed by atoms with van der Waals surface area (Å²) in [5, 5.41) is 7.57. The lowest BCUT2D eigenvalue weighted by Gasteiger charge is -2.08. The van der Waals surface area contributed by atoms with Crippen molar-refractivity contribution in [2.24, 2.45) is 0 Å². The lowest BCUT2D eigenvalue weighted by Crippen LogP contribution is -1.94. The highest BCUT2D eigenvalue weighted by molar-refractivity contribution is 6.07. The Hall–Kier alpha value is -4.24. The fraction of sp³-hybridized carbons (Fsp3) is 0.0667. The number of hydrogen-bond donors (Lipinski definition) is 0. The quantitative estimate of drug-likeness (QED) is 0.232. The second-order valence-electron chi connectivity index (χ2n) is 8.39. The molecule has 1 aliphatic carbocycles. The van der Waals surface area contributed by atoms with Crippen molar-refractivity contribution < 1.29 is 4.79 Å². The first-order chi connectivity index (χ1) is 16.3. The molecule has 3 heteroatoms. The molecule has 1 aromatic heterocycles. The Morgan fingerprint density at radius 2 is 1.52 bits per heavy atom. The first-order valence-corrected chi connectivity index (χ1v) is 11.2. The van der Waals surface area contributed by atoms with Gasteiger partial charge in [-0.05, 0) is 59.0 Å². The zero-order valence-electron chi connectivity index (χ0n) is 18.1. The maximum atomic E-state index is 12.7. The standard InChI is InChI=1S/C30H22N2O/c33-28(21-8-3-1-4-9-21)19-17-24-20-32(25-11-5-2-6-12-25)31-30(24)27-18-16-23-15-14-22-10-7-13-26(27)29(22)23/h1-13,16-20H,14-15H2. The molecular weight excluding hydrogens is 404 g/mol. The van der Waals surface area contributed by atoms with Crippen molar-refractivity contribution in [3.8, 4) is 16.9 Å². The Bertz CT molecular complexity index is 1500. The van der Waals surface area contributed by atoms with Crippen molar-refractivity contribution in [3.05, 3.63) is 126 Å². The highest BCUT2D eigenvalue weighted by atomic mass is 16.1. The molecule has 158 valence electrons. The molecule has 0 bridgehead atoms. The van der Waals surface area contributed by atoms with E-state index in [2.05, 4.69) is 30.3 Å². The van der Waals surface area contributed by atoms with E-state index >= 15 is 0 Å². The molecule has 6 rings (SSSR count). The summed E-state index contributed by atoms with van der Waals surface area (Å²) in [6.07, 6.45) is 7.72. The molecule has 3 nitrogen and oxygen atoms in total. The van der Waals surface area contributed by atoms with Crippen LogP contribution in [0.1, 0.15) is 27.0 Å². The number of carbonyl (C=O) groups excluding carboxylic acids is 1. The molecule has 0 N–H and O–H groups in total. The van der Waals surface area contributed by atoms with Crippen molar-refractivity contribution in [2.75, 3.05) is 0 Å². The van der Waals surface area contributed by atoms with Crippen LogP contribution in [-0.4, -0.2) is 15.6 Å². The zero-order chi connectivity index (χ0) is 22.2. The number of aryl methyl sites for hydroxylation is 2. The molecule has 0 spiro atoms. The minimum atomic E-state index is -0.0191. The molecule has 0 atom stereocenters. The summed E-state index contributed by atoms with van der Waals surface area (Å²) in [5.74, 6) is -0.0191. The van der Waals surface area contributed by atoms with E-state index in [1.807, 2.05) is 77.6 Å². The van der Waals surface area contributed by atoms with Crippen molar-refractivity contribution in [3.63, 3.8) is 0 Å². The van der Waals surface area contributed by atoms with Gasteiger partial charge in [0.05, 0.1) is 5.69 Å². The molecule has 1 aliphatic rings. The molecule has 0 saturated heterocycles. The Morgan fingerprint density at radius 1 is 0.788 bits per heavy atom. The molecule has 5 aromatic rings. The van der Waals surface area contributed by atoms with E-state index in [-0.39, 0.29) is 5.78 Å². The number of rotatable bonds is 5.